The summed E-state index contributed by atoms with van der Waals surface area (Å²) in [6.45, 7) is 3.47. The van der Waals surface area contributed by atoms with Crippen LogP contribution >= 0.6 is 0 Å². The lowest BCUT2D eigenvalue weighted by Gasteiger charge is -2.25. The molecule has 3 heterocycles. The molecule has 168 valence electrons. The number of benzodiazepines with no additional fused rings is 1. The molecule has 9 heteroatoms. The zero-order valence-electron chi connectivity index (χ0n) is 17.9. The number of fused-ring (bicyclic) bond motifs is 1. The number of ether oxygens (including phenoxy) is 1. The Bertz CT molecular complexity index is 1180. The first kappa shape index (κ1) is 21.0. The molecule has 1 fully saturated rings. The topological polar surface area (TPSA) is 109 Å². The number of benzene rings is 2. The molecule has 0 spiro atoms. The number of carbonyl (C=O) groups is 2. The van der Waals surface area contributed by atoms with Gasteiger partial charge in [0.15, 0.2) is 11.5 Å². The number of aliphatic imine (C=N–C) groups is 1. The molecule has 1 unspecified atom stereocenters. The molecule has 2 aliphatic rings. The number of hydrogen-bond acceptors (Lipinski definition) is 7. The Hall–Kier alpha value is -3.82. The van der Waals surface area contributed by atoms with Crippen molar-refractivity contribution in [3.05, 3.63) is 83.2 Å². The largest absolute Gasteiger partial charge is 0.379 e. The quantitative estimate of drug-likeness (QED) is 0.622. The second-order valence-electron chi connectivity index (χ2n) is 7.82. The molecule has 2 aromatic carbocycles. The molecule has 1 atom stereocenters. The lowest BCUT2D eigenvalue weighted by molar-refractivity contribution is -0.117. The van der Waals surface area contributed by atoms with Gasteiger partial charge in [-0.3, -0.25) is 14.5 Å². The molecule has 9 nitrogen and oxygen atoms in total. The minimum Gasteiger partial charge on any atom is -0.379 e. The van der Waals surface area contributed by atoms with Gasteiger partial charge in [-0.25, -0.2) is 4.99 Å². The molecule has 0 radical (unpaired) electrons. The summed E-state index contributed by atoms with van der Waals surface area (Å²) < 4.78 is 10.7. The highest BCUT2D eigenvalue weighted by atomic mass is 16.5. The fraction of sp³-hybridized carbons (Fsp3) is 0.250. The number of carbonyl (C=O) groups excluding carboxylic acids is 2. The first-order valence-corrected chi connectivity index (χ1v) is 10.8. The van der Waals surface area contributed by atoms with Crippen molar-refractivity contribution in [3.8, 4) is 0 Å². The monoisotopic (exact) mass is 445 g/mol. The third kappa shape index (κ3) is 4.69. The number of nitrogens with one attached hydrogen (secondary N) is 2. The van der Waals surface area contributed by atoms with E-state index in [-0.39, 0.29) is 5.69 Å². The van der Waals surface area contributed by atoms with Crippen molar-refractivity contribution >= 4 is 23.2 Å². The summed E-state index contributed by atoms with van der Waals surface area (Å²) in [4.78, 5) is 32.6. The van der Waals surface area contributed by atoms with Crippen molar-refractivity contribution < 1.29 is 18.8 Å². The second-order valence-corrected chi connectivity index (χ2v) is 7.82. The SMILES string of the molecule is O=C(NC1N=C(c2ccccc2)c2ccccc2NC1=O)c1cc(CN2CCOCC2)on1. The summed E-state index contributed by atoms with van der Waals surface area (Å²) in [7, 11) is 0. The summed E-state index contributed by atoms with van der Waals surface area (Å²) in [6.07, 6.45) is -1.13. The molecule has 1 aromatic heterocycles. The van der Waals surface area contributed by atoms with Gasteiger partial charge in [-0.05, 0) is 6.07 Å². The van der Waals surface area contributed by atoms with Gasteiger partial charge in [0.25, 0.3) is 11.8 Å². The van der Waals surface area contributed by atoms with Crippen LogP contribution in [0.1, 0.15) is 27.4 Å². The summed E-state index contributed by atoms with van der Waals surface area (Å²) in [5.74, 6) is -0.388. The van der Waals surface area contributed by atoms with E-state index in [9.17, 15) is 9.59 Å². The molecule has 0 bridgehead atoms. The van der Waals surface area contributed by atoms with Crippen LogP contribution in [0.25, 0.3) is 0 Å². The number of amides is 2. The van der Waals surface area contributed by atoms with Crippen LogP contribution in [0.15, 0.2) is 70.2 Å². The number of hydrogen-bond donors (Lipinski definition) is 2. The van der Waals surface area contributed by atoms with E-state index in [1.54, 1.807) is 6.07 Å². The van der Waals surface area contributed by atoms with Crippen LogP contribution in [-0.4, -0.2) is 60.1 Å². The van der Waals surface area contributed by atoms with Crippen molar-refractivity contribution in [2.45, 2.75) is 12.7 Å². The highest BCUT2D eigenvalue weighted by Gasteiger charge is 2.28. The van der Waals surface area contributed by atoms with Crippen molar-refractivity contribution in [3.63, 3.8) is 0 Å². The normalized spacial score (nSPS) is 18.6. The Morgan fingerprint density at radius 1 is 1.09 bits per heavy atom. The predicted molar refractivity (Wildman–Crippen MR) is 121 cm³/mol. The van der Waals surface area contributed by atoms with E-state index in [2.05, 4.69) is 25.7 Å². The van der Waals surface area contributed by atoms with Crippen molar-refractivity contribution in [2.75, 3.05) is 31.6 Å². The summed E-state index contributed by atoms with van der Waals surface area (Å²) in [5, 5.41) is 9.43. The molecule has 3 aromatic rings. The Kier molecular flexibility index (Phi) is 5.97. The Labute approximate surface area is 190 Å². The highest BCUT2D eigenvalue weighted by molar-refractivity contribution is 6.20. The molecular weight excluding hydrogens is 422 g/mol. The van der Waals surface area contributed by atoms with Gasteiger partial charge in [-0.15, -0.1) is 0 Å². The van der Waals surface area contributed by atoms with Gasteiger partial charge < -0.3 is 19.9 Å². The van der Waals surface area contributed by atoms with Gasteiger partial charge in [0, 0.05) is 30.3 Å². The van der Waals surface area contributed by atoms with Gasteiger partial charge >= 0.3 is 0 Å². The minimum absolute atomic E-state index is 0.101. The zero-order chi connectivity index (χ0) is 22.6. The number of nitrogens with zero attached hydrogens (tertiary/aromatic N) is 3. The summed E-state index contributed by atoms with van der Waals surface area (Å²) in [5.41, 5.74) is 2.97. The molecule has 5 rings (SSSR count). The van der Waals surface area contributed by atoms with E-state index in [4.69, 9.17) is 9.26 Å². The van der Waals surface area contributed by atoms with E-state index >= 15 is 0 Å². The zero-order valence-corrected chi connectivity index (χ0v) is 17.9. The number of morpholine rings is 1. The van der Waals surface area contributed by atoms with Gasteiger partial charge in [-0.1, -0.05) is 53.7 Å². The predicted octanol–water partition coefficient (Wildman–Crippen LogP) is 2.05. The van der Waals surface area contributed by atoms with Crippen LogP contribution in [0.3, 0.4) is 0 Å². The minimum atomic E-state index is -1.13. The van der Waals surface area contributed by atoms with Crippen LogP contribution in [0.5, 0.6) is 0 Å². The first-order valence-electron chi connectivity index (χ1n) is 10.8. The van der Waals surface area contributed by atoms with Gasteiger partial charge in [-0.2, -0.15) is 0 Å². The van der Waals surface area contributed by atoms with Crippen LogP contribution in [-0.2, 0) is 16.1 Å². The lowest BCUT2D eigenvalue weighted by Crippen LogP contribution is -2.42. The number of para-hydroxylation sites is 1. The van der Waals surface area contributed by atoms with Crippen LogP contribution in [0.2, 0.25) is 0 Å². The highest BCUT2D eigenvalue weighted by Crippen LogP contribution is 2.23. The van der Waals surface area contributed by atoms with Crippen LogP contribution < -0.4 is 10.6 Å². The van der Waals surface area contributed by atoms with Gasteiger partial charge in [0.2, 0.25) is 6.17 Å². The fourth-order valence-electron chi connectivity index (χ4n) is 3.85. The smallest absolute Gasteiger partial charge is 0.275 e. The van der Waals surface area contributed by atoms with Crippen molar-refractivity contribution in [1.29, 1.82) is 0 Å². The number of rotatable bonds is 5. The van der Waals surface area contributed by atoms with E-state index in [0.29, 0.717) is 36.9 Å². The molecule has 2 amide bonds. The average molecular weight is 445 g/mol. The number of aromatic nitrogens is 1. The standard InChI is InChI=1S/C24H23N5O4/c30-23(20-14-17(33-28-20)15-29-10-12-32-13-11-29)27-22-24(31)25-19-9-5-4-8-18(19)21(26-22)16-6-2-1-3-7-16/h1-9,14,22H,10-13,15H2,(H,25,31)(H,27,30). The summed E-state index contributed by atoms with van der Waals surface area (Å²) >= 11 is 0. The van der Waals surface area contributed by atoms with Crippen molar-refractivity contribution in [2.24, 2.45) is 4.99 Å². The fourth-order valence-corrected chi connectivity index (χ4v) is 3.85. The maximum absolute atomic E-state index is 12.9. The summed E-state index contributed by atoms with van der Waals surface area (Å²) in [6, 6.07) is 18.6. The molecule has 33 heavy (non-hydrogen) atoms. The Morgan fingerprint density at radius 3 is 2.67 bits per heavy atom. The third-order valence-electron chi connectivity index (χ3n) is 5.54. The molecule has 1 saturated heterocycles. The Morgan fingerprint density at radius 2 is 1.85 bits per heavy atom. The van der Waals surface area contributed by atoms with E-state index in [1.807, 2.05) is 54.6 Å². The van der Waals surface area contributed by atoms with Gasteiger partial charge in [0.1, 0.15) is 0 Å². The maximum atomic E-state index is 12.9. The second kappa shape index (κ2) is 9.35. The van der Waals surface area contributed by atoms with Crippen molar-refractivity contribution in [1.82, 2.24) is 15.4 Å². The van der Waals surface area contributed by atoms with E-state index < -0.39 is 18.0 Å². The lowest BCUT2D eigenvalue weighted by atomic mass is 10.0. The van der Waals surface area contributed by atoms with Crippen LogP contribution in [0.4, 0.5) is 5.69 Å². The third-order valence-corrected chi connectivity index (χ3v) is 5.54. The molecule has 2 aliphatic heterocycles. The molecule has 2 N–H and O–H groups in total. The molecular formula is C24H23N5O4. The van der Waals surface area contributed by atoms with E-state index in [0.717, 1.165) is 24.2 Å². The van der Waals surface area contributed by atoms with Crippen LogP contribution in [0, 0.1) is 0 Å². The average Bonchev–Trinajstić information content (AvgIpc) is 3.26. The first-order chi connectivity index (χ1) is 16.2. The molecule has 0 aliphatic carbocycles. The van der Waals surface area contributed by atoms with Gasteiger partial charge in [0.05, 0.1) is 31.2 Å². The molecule has 0 saturated carbocycles. The maximum Gasteiger partial charge on any atom is 0.275 e. The number of anilines is 1. The van der Waals surface area contributed by atoms with E-state index in [1.165, 1.54) is 0 Å². The Balaban J connectivity index is 1.37.